The summed E-state index contributed by atoms with van der Waals surface area (Å²) in [5.74, 6) is 0.821. The van der Waals surface area contributed by atoms with Crippen LogP contribution in [0.1, 0.15) is 18.1 Å². The standard InChI is InChI=1S/C21H24N4OS/c1-14-6-10-17(11-7-14)19-22-23-21(27-16(3)20(26)24(4)5)25(19)18-12-8-15(2)9-13-18/h6-13,16H,1-5H3. The predicted octanol–water partition coefficient (Wildman–Crippen LogP) is 4.12. The van der Waals surface area contributed by atoms with Gasteiger partial charge in [-0.1, -0.05) is 59.3 Å². The first-order chi connectivity index (χ1) is 12.9. The Hall–Kier alpha value is -2.60. The van der Waals surface area contributed by atoms with E-state index in [2.05, 4.69) is 60.4 Å². The van der Waals surface area contributed by atoms with Crippen LogP contribution in [0.25, 0.3) is 17.1 Å². The Bertz CT molecular complexity index is 930. The monoisotopic (exact) mass is 380 g/mol. The van der Waals surface area contributed by atoms with Gasteiger partial charge in [-0.25, -0.2) is 0 Å². The zero-order chi connectivity index (χ0) is 19.6. The van der Waals surface area contributed by atoms with E-state index in [9.17, 15) is 4.79 Å². The van der Waals surface area contributed by atoms with Crippen LogP contribution in [0.4, 0.5) is 0 Å². The molecule has 0 aliphatic rings. The van der Waals surface area contributed by atoms with E-state index >= 15 is 0 Å². The average Bonchev–Trinajstić information content (AvgIpc) is 3.05. The van der Waals surface area contributed by atoms with Crippen LogP contribution in [0.3, 0.4) is 0 Å². The van der Waals surface area contributed by atoms with Crippen LogP contribution < -0.4 is 0 Å². The summed E-state index contributed by atoms with van der Waals surface area (Å²) in [4.78, 5) is 13.9. The first kappa shape index (κ1) is 19.2. The molecule has 2 aromatic carbocycles. The van der Waals surface area contributed by atoms with Gasteiger partial charge < -0.3 is 4.90 Å². The number of carbonyl (C=O) groups is 1. The summed E-state index contributed by atoms with van der Waals surface area (Å²) in [7, 11) is 3.53. The minimum atomic E-state index is -0.251. The number of aryl methyl sites for hydroxylation is 2. The maximum absolute atomic E-state index is 12.3. The van der Waals surface area contributed by atoms with E-state index in [4.69, 9.17) is 0 Å². The van der Waals surface area contributed by atoms with Crippen molar-refractivity contribution in [2.45, 2.75) is 31.2 Å². The van der Waals surface area contributed by atoms with Crippen LogP contribution in [0.15, 0.2) is 53.7 Å². The molecule has 27 heavy (non-hydrogen) atoms. The first-order valence-corrected chi connectivity index (χ1v) is 9.72. The van der Waals surface area contributed by atoms with Crippen molar-refractivity contribution < 1.29 is 4.79 Å². The third kappa shape index (κ3) is 4.22. The summed E-state index contributed by atoms with van der Waals surface area (Å²) in [6.45, 7) is 6.02. The summed E-state index contributed by atoms with van der Waals surface area (Å²) < 4.78 is 2.02. The molecular weight excluding hydrogens is 356 g/mol. The van der Waals surface area contributed by atoms with Crippen molar-refractivity contribution in [1.29, 1.82) is 0 Å². The smallest absolute Gasteiger partial charge is 0.235 e. The lowest BCUT2D eigenvalue weighted by atomic mass is 10.1. The van der Waals surface area contributed by atoms with Crippen molar-refractivity contribution in [3.05, 3.63) is 59.7 Å². The summed E-state index contributed by atoms with van der Waals surface area (Å²) in [6.07, 6.45) is 0. The van der Waals surface area contributed by atoms with Gasteiger partial charge in [0.05, 0.1) is 5.25 Å². The Morgan fingerprint density at radius 2 is 1.52 bits per heavy atom. The molecule has 5 nitrogen and oxygen atoms in total. The van der Waals surface area contributed by atoms with Crippen molar-refractivity contribution in [2.75, 3.05) is 14.1 Å². The summed E-state index contributed by atoms with van der Waals surface area (Å²) in [5.41, 5.74) is 4.36. The molecule has 1 heterocycles. The normalized spacial score (nSPS) is 12.0. The number of aromatic nitrogens is 3. The first-order valence-electron chi connectivity index (χ1n) is 8.84. The largest absolute Gasteiger partial charge is 0.348 e. The molecule has 1 aromatic heterocycles. The molecule has 6 heteroatoms. The number of rotatable bonds is 5. The highest BCUT2D eigenvalue weighted by atomic mass is 32.2. The average molecular weight is 381 g/mol. The fraction of sp³-hybridized carbons (Fsp3) is 0.286. The molecule has 0 fully saturated rings. The van der Waals surface area contributed by atoms with Crippen LogP contribution in [-0.2, 0) is 4.79 Å². The lowest BCUT2D eigenvalue weighted by Gasteiger charge is -2.17. The van der Waals surface area contributed by atoms with Gasteiger partial charge in [-0.15, -0.1) is 10.2 Å². The van der Waals surface area contributed by atoms with Gasteiger partial charge in [0.15, 0.2) is 11.0 Å². The summed E-state index contributed by atoms with van der Waals surface area (Å²) in [5, 5.41) is 9.29. The number of amides is 1. The number of nitrogens with zero attached hydrogens (tertiary/aromatic N) is 4. The van der Waals surface area contributed by atoms with Crippen LogP contribution in [-0.4, -0.2) is 44.9 Å². The molecule has 1 unspecified atom stereocenters. The van der Waals surface area contributed by atoms with Crippen molar-refractivity contribution in [2.24, 2.45) is 0 Å². The van der Waals surface area contributed by atoms with E-state index in [0.29, 0.717) is 5.16 Å². The molecule has 0 saturated carbocycles. The molecule has 3 rings (SSSR count). The molecule has 0 bridgehead atoms. The quantitative estimate of drug-likeness (QED) is 0.625. The highest BCUT2D eigenvalue weighted by Crippen LogP contribution is 2.30. The molecule has 0 N–H and O–H groups in total. The van der Waals surface area contributed by atoms with Gasteiger partial charge in [0, 0.05) is 25.3 Å². The fourth-order valence-electron chi connectivity index (χ4n) is 2.73. The molecule has 0 radical (unpaired) electrons. The second-order valence-electron chi connectivity index (χ2n) is 6.84. The van der Waals surface area contributed by atoms with E-state index in [-0.39, 0.29) is 11.2 Å². The molecule has 0 aliphatic heterocycles. The molecule has 0 aliphatic carbocycles. The van der Waals surface area contributed by atoms with E-state index < -0.39 is 0 Å². The maximum atomic E-state index is 12.3. The Morgan fingerprint density at radius 3 is 2.07 bits per heavy atom. The van der Waals surface area contributed by atoms with Gasteiger partial charge in [-0.2, -0.15) is 0 Å². The van der Waals surface area contributed by atoms with Gasteiger partial charge in [0.1, 0.15) is 0 Å². The zero-order valence-corrected chi connectivity index (χ0v) is 17.1. The van der Waals surface area contributed by atoms with E-state index in [1.807, 2.05) is 23.6 Å². The molecule has 1 atom stereocenters. The summed E-state index contributed by atoms with van der Waals surface area (Å²) >= 11 is 1.42. The molecular formula is C21H24N4OS. The van der Waals surface area contributed by atoms with Crippen molar-refractivity contribution >= 4 is 17.7 Å². The van der Waals surface area contributed by atoms with E-state index in [0.717, 1.165) is 17.1 Å². The third-order valence-electron chi connectivity index (χ3n) is 4.31. The minimum Gasteiger partial charge on any atom is -0.348 e. The molecule has 0 spiro atoms. The highest BCUT2D eigenvalue weighted by molar-refractivity contribution is 8.00. The number of hydrogen-bond acceptors (Lipinski definition) is 4. The topological polar surface area (TPSA) is 51.0 Å². The number of carbonyl (C=O) groups excluding carboxylic acids is 1. The van der Waals surface area contributed by atoms with E-state index in [1.54, 1.807) is 19.0 Å². The molecule has 3 aromatic rings. The molecule has 1 amide bonds. The van der Waals surface area contributed by atoms with Crippen molar-refractivity contribution in [1.82, 2.24) is 19.7 Å². The molecule has 0 saturated heterocycles. The van der Waals surface area contributed by atoms with Gasteiger partial charge in [0.25, 0.3) is 0 Å². The Labute approximate surface area is 164 Å². The Morgan fingerprint density at radius 1 is 0.963 bits per heavy atom. The SMILES string of the molecule is Cc1ccc(-c2nnc(SC(C)C(=O)N(C)C)n2-c2ccc(C)cc2)cc1. The van der Waals surface area contributed by atoms with Crippen LogP contribution >= 0.6 is 11.8 Å². The zero-order valence-electron chi connectivity index (χ0n) is 16.3. The third-order valence-corrected chi connectivity index (χ3v) is 5.34. The molecule has 140 valence electrons. The fourth-order valence-corrected chi connectivity index (χ4v) is 3.75. The second kappa shape index (κ2) is 7.96. The van der Waals surface area contributed by atoms with E-state index in [1.165, 1.54) is 22.9 Å². The van der Waals surface area contributed by atoms with Crippen molar-refractivity contribution in [3.63, 3.8) is 0 Å². The van der Waals surface area contributed by atoms with Crippen LogP contribution in [0.2, 0.25) is 0 Å². The van der Waals surface area contributed by atoms with Gasteiger partial charge >= 0.3 is 0 Å². The van der Waals surface area contributed by atoms with Crippen LogP contribution in [0, 0.1) is 13.8 Å². The van der Waals surface area contributed by atoms with Gasteiger partial charge in [0.2, 0.25) is 5.91 Å². The van der Waals surface area contributed by atoms with Gasteiger partial charge in [-0.3, -0.25) is 9.36 Å². The highest BCUT2D eigenvalue weighted by Gasteiger charge is 2.22. The number of benzene rings is 2. The number of hydrogen-bond donors (Lipinski definition) is 0. The maximum Gasteiger partial charge on any atom is 0.235 e. The summed E-state index contributed by atoms with van der Waals surface area (Å²) in [6, 6.07) is 16.5. The predicted molar refractivity (Wildman–Crippen MR) is 110 cm³/mol. The lowest BCUT2D eigenvalue weighted by Crippen LogP contribution is -2.29. The Kier molecular flexibility index (Phi) is 5.65. The second-order valence-corrected chi connectivity index (χ2v) is 8.14. The minimum absolute atomic E-state index is 0.0512. The van der Waals surface area contributed by atoms with Gasteiger partial charge in [-0.05, 0) is 32.9 Å². The Balaban J connectivity index is 2.07. The van der Waals surface area contributed by atoms with Crippen molar-refractivity contribution in [3.8, 4) is 17.1 Å². The lowest BCUT2D eigenvalue weighted by molar-refractivity contribution is -0.127. The number of thioether (sulfide) groups is 1. The van der Waals surface area contributed by atoms with Crippen LogP contribution in [0.5, 0.6) is 0 Å².